The van der Waals surface area contributed by atoms with Crippen molar-refractivity contribution in [2.45, 2.75) is 0 Å². The van der Waals surface area contributed by atoms with Crippen LogP contribution in [-0.4, -0.2) is 38.2 Å². The molecular weight excluding hydrogens is 344 g/mol. The molecule has 0 aliphatic carbocycles. The first-order valence-corrected chi connectivity index (χ1v) is 8.17. The lowest BCUT2D eigenvalue weighted by Crippen LogP contribution is -2.13. The summed E-state index contributed by atoms with van der Waals surface area (Å²) in [6.07, 6.45) is 0. The lowest BCUT2D eigenvalue weighted by Gasteiger charge is -2.08. The molecule has 0 fully saturated rings. The van der Waals surface area contributed by atoms with Crippen LogP contribution < -0.4 is 14.8 Å². The number of hydrogen-bond donors (Lipinski definition) is 2. The Bertz CT molecular complexity index is 930. The van der Waals surface area contributed by atoms with E-state index in [2.05, 4.69) is 10.3 Å². The van der Waals surface area contributed by atoms with Gasteiger partial charge in [0.1, 0.15) is 5.69 Å². The van der Waals surface area contributed by atoms with Crippen LogP contribution in [0, 0.1) is 0 Å². The maximum absolute atomic E-state index is 12.4. The van der Waals surface area contributed by atoms with E-state index < -0.39 is 5.97 Å². The van der Waals surface area contributed by atoms with Crippen LogP contribution in [0.4, 0.5) is 5.69 Å². The van der Waals surface area contributed by atoms with E-state index in [4.69, 9.17) is 14.2 Å². The number of anilines is 1. The third kappa shape index (κ3) is 3.03. The van der Waals surface area contributed by atoms with Crippen LogP contribution in [0.3, 0.4) is 0 Å². The minimum absolute atomic E-state index is 0.151. The Kier molecular flexibility index (Phi) is 4.62. The number of methoxy groups -OCH3 is 3. The highest BCUT2D eigenvalue weighted by Gasteiger charge is 2.22. The topological polar surface area (TPSA) is 89.7 Å². The van der Waals surface area contributed by atoms with Gasteiger partial charge in [0, 0.05) is 11.5 Å². The molecule has 0 radical (unpaired) electrons. The van der Waals surface area contributed by atoms with Gasteiger partial charge in [-0.15, -0.1) is 11.3 Å². The number of aromatic amines is 1. The third-order valence-electron chi connectivity index (χ3n) is 3.68. The van der Waals surface area contributed by atoms with E-state index in [9.17, 15) is 9.59 Å². The van der Waals surface area contributed by atoms with E-state index in [0.29, 0.717) is 33.0 Å². The summed E-state index contributed by atoms with van der Waals surface area (Å²) in [7, 11) is 4.31. The minimum Gasteiger partial charge on any atom is -0.493 e. The second-order valence-electron chi connectivity index (χ2n) is 5.05. The van der Waals surface area contributed by atoms with Gasteiger partial charge < -0.3 is 24.5 Å². The Morgan fingerprint density at radius 1 is 1.12 bits per heavy atom. The summed E-state index contributed by atoms with van der Waals surface area (Å²) in [6.45, 7) is 0. The number of nitrogens with one attached hydrogen (secondary N) is 2. The lowest BCUT2D eigenvalue weighted by atomic mass is 10.2. The minimum atomic E-state index is -0.587. The van der Waals surface area contributed by atoms with Crippen LogP contribution in [0.25, 0.3) is 10.9 Å². The van der Waals surface area contributed by atoms with Gasteiger partial charge in [0.2, 0.25) is 0 Å². The number of carbonyl (C=O) groups excluding carboxylic acids is 2. The van der Waals surface area contributed by atoms with E-state index in [1.165, 1.54) is 32.7 Å². The van der Waals surface area contributed by atoms with Crippen molar-refractivity contribution in [1.82, 2.24) is 4.98 Å². The van der Waals surface area contributed by atoms with Crippen molar-refractivity contribution in [3.05, 3.63) is 40.2 Å². The number of thiophene rings is 1. The molecule has 1 aromatic carbocycles. The average Bonchev–Trinajstić information content (AvgIpc) is 3.28. The molecule has 2 N–H and O–H groups in total. The monoisotopic (exact) mass is 360 g/mol. The Hall–Kier alpha value is -3.00. The van der Waals surface area contributed by atoms with Gasteiger partial charge in [-0.05, 0) is 17.5 Å². The molecule has 0 atom stereocenters. The van der Waals surface area contributed by atoms with Gasteiger partial charge in [0.05, 0.1) is 37.4 Å². The summed E-state index contributed by atoms with van der Waals surface area (Å²) < 4.78 is 15.4. The number of aromatic nitrogens is 1. The Morgan fingerprint density at radius 2 is 1.84 bits per heavy atom. The molecule has 0 unspecified atom stereocenters. The molecule has 3 rings (SSSR count). The predicted molar refractivity (Wildman–Crippen MR) is 95.0 cm³/mol. The normalized spacial score (nSPS) is 10.5. The van der Waals surface area contributed by atoms with Crippen LogP contribution >= 0.6 is 11.3 Å². The zero-order valence-corrected chi connectivity index (χ0v) is 14.7. The van der Waals surface area contributed by atoms with Crippen LogP contribution in [0.5, 0.6) is 11.5 Å². The van der Waals surface area contributed by atoms with Crippen molar-refractivity contribution in [3.8, 4) is 11.5 Å². The van der Waals surface area contributed by atoms with Crippen LogP contribution in [0.1, 0.15) is 20.2 Å². The molecular formula is C17H16N2O5S. The van der Waals surface area contributed by atoms with Gasteiger partial charge >= 0.3 is 5.97 Å². The summed E-state index contributed by atoms with van der Waals surface area (Å²) in [6, 6.07) is 6.88. The van der Waals surface area contributed by atoms with Gasteiger partial charge in [0.25, 0.3) is 5.91 Å². The number of fused-ring (bicyclic) bond motifs is 1. The molecule has 2 aromatic heterocycles. The fraction of sp³-hybridized carbons (Fsp3) is 0.176. The first kappa shape index (κ1) is 16.8. The molecule has 8 heteroatoms. The summed E-state index contributed by atoms with van der Waals surface area (Å²) in [5.74, 6) is 0.0901. The number of H-pyrrole nitrogens is 1. The highest BCUT2D eigenvalue weighted by atomic mass is 32.1. The van der Waals surface area contributed by atoms with Crippen molar-refractivity contribution in [1.29, 1.82) is 0 Å². The number of rotatable bonds is 5. The molecule has 2 heterocycles. The molecule has 7 nitrogen and oxygen atoms in total. The number of hydrogen-bond acceptors (Lipinski definition) is 6. The smallest absolute Gasteiger partial charge is 0.356 e. The molecule has 3 aromatic rings. The Balaban J connectivity index is 2.15. The standard InChI is InChI=1S/C17H16N2O5S/c1-22-11-7-9-10(8-12(11)23-2)18-15(17(21)24-3)14(9)19-16(20)13-5-4-6-25-13/h4-8,18H,1-3H3,(H,19,20). The zero-order chi connectivity index (χ0) is 18.0. The quantitative estimate of drug-likeness (QED) is 0.682. The predicted octanol–water partition coefficient (Wildman–Crippen LogP) is 3.29. The molecule has 0 aliphatic rings. The van der Waals surface area contributed by atoms with E-state index >= 15 is 0 Å². The highest BCUT2D eigenvalue weighted by molar-refractivity contribution is 7.12. The van der Waals surface area contributed by atoms with Gasteiger partial charge in [0.15, 0.2) is 11.5 Å². The molecule has 0 aliphatic heterocycles. The van der Waals surface area contributed by atoms with E-state index in [1.807, 2.05) is 0 Å². The molecule has 0 saturated carbocycles. The number of benzene rings is 1. The zero-order valence-electron chi connectivity index (χ0n) is 13.8. The lowest BCUT2D eigenvalue weighted by molar-refractivity contribution is 0.0596. The fourth-order valence-electron chi connectivity index (χ4n) is 2.49. The van der Waals surface area contributed by atoms with Gasteiger partial charge in [-0.3, -0.25) is 4.79 Å². The second kappa shape index (κ2) is 6.86. The van der Waals surface area contributed by atoms with Gasteiger partial charge in [-0.2, -0.15) is 0 Å². The molecule has 0 saturated heterocycles. The number of amides is 1. The van der Waals surface area contributed by atoms with Crippen molar-refractivity contribution >= 4 is 39.8 Å². The maximum Gasteiger partial charge on any atom is 0.356 e. The number of carbonyl (C=O) groups is 2. The van der Waals surface area contributed by atoms with E-state index in [-0.39, 0.29) is 11.6 Å². The van der Waals surface area contributed by atoms with Crippen LogP contribution in [-0.2, 0) is 4.74 Å². The van der Waals surface area contributed by atoms with Gasteiger partial charge in [-0.25, -0.2) is 4.79 Å². The Morgan fingerprint density at radius 3 is 2.44 bits per heavy atom. The SMILES string of the molecule is COC(=O)c1[nH]c2cc(OC)c(OC)cc2c1NC(=O)c1cccs1. The largest absolute Gasteiger partial charge is 0.493 e. The van der Waals surface area contributed by atoms with Crippen molar-refractivity contribution in [2.24, 2.45) is 0 Å². The molecule has 25 heavy (non-hydrogen) atoms. The first-order valence-electron chi connectivity index (χ1n) is 7.30. The van der Waals surface area contributed by atoms with E-state index in [1.54, 1.807) is 29.6 Å². The molecule has 0 bridgehead atoms. The highest BCUT2D eigenvalue weighted by Crippen LogP contribution is 2.37. The molecule has 1 amide bonds. The fourth-order valence-corrected chi connectivity index (χ4v) is 3.11. The van der Waals surface area contributed by atoms with Crippen molar-refractivity contribution in [3.63, 3.8) is 0 Å². The maximum atomic E-state index is 12.4. The van der Waals surface area contributed by atoms with Crippen molar-refractivity contribution < 1.29 is 23.8 Å². The van der Waals surface area contributed by atoms with E-state index in [0.717, 1.165) is 0 Å². The molecule has 0 spiro atoms. The summed E-state index contributed by atoms with van der Waals surface area (Å²) in [4.78, 5) is 28.1. The average molecular weight is 360 g/mol. The van der Waals surface area contributed by atoms with Gasteiger partial charge in [-0.1, -0.05) is 6.07 Å². The second-order valence-corrected chi connectivity index (χ2v) is 6.00. The third-order valence-corrected chi connectivity index (χ3v) is 4.54. The van der Waals surface area contributed by atoms with Crippen LogP contribution in [0.15, 0.2) is 29.6 Å². The van der Waals surface area contributed by atoms with Crippen LogP contribution in [0.2, 0.25) is 0 Å². The summed E-state index contributed by atoms with van der Waals surface area (Å²) in [5.41, 5.74) is 1.10. The molecule has 130 valence electrons. The number of ether oxygens (including phenoxy) is 3. The summed E-state index contributed by atoms with van der Waals surface area (Å²) >= 11 is 1.31. The Labute approximate surface area is 147 Å². The van der Waals surface area contributed by atoms with Crippen molar-refractivity contribution in [2.75, 3.05) is 26.6 Å². The first-order chi connectivity index (χ1) is 12.1. The summed E-state index contributed by atoms with van der Waals surface area (Å²) in [5, 5.41) is 5.20. The number of esters is 1.